The monoisotopic (exact) mass is 568 g/mol. The highest BCUT2D eigenvalue weighted by Gasteiger charge is 2.20. The highest BCUT2D eigenvalue weighted by molar-refractivity contribution is 9.10. The summed E-state index contributed by atoms with van der Waals surface area (Å²) in [6, 6.07) is 10.6. The number of thioether (sulfide) groups is 1. The molecule has 0 saturated heterocycles. The number of aryl methyl sites for hydroxylation is 1. The van der Waals surface area contributed by atoms with Crippen molar-refractivity contribution in [2.45, 2.75) is 13.8 Å². The maximum Gasteiger partial charge on any atom is 0.333 e. The summed E-state index contributed by atoms with van der Waals surface area (Å²) in [5.74, 6) is 0.496. The lowest BCUT2D eigenvalue weighted by atomic mass is 10.2. The predicted octanol–water partition coefficient (Wildman–Crippen LogP) is 5.21. The van der Waals surface area contributed by atoms with Crippen LogP contribution in [0.5, 0.6) is 0 Å². The predicted molar refractivity (Wildman–Crippen MR) is 137 cm³/mol. The van der Waals surface area contributed by atoms with Gasteiger partial charge in [-0.3, -0.25) is 9.36 Å². The Labute approximate surface area is 207 Å². The Bertz CT molecular complexity index is 1450. The second kappa shape index (κ2) is 10.1. The Hall–Kier alpha value is -2.60. The number of carbonyl (C=O) groups excluding carboxylic acids is 1. The van der Waals surface area contributed by atoms with Gasteiger partial charge in [-0.2, -0.15) is 0 Å². The van der Waals surface area contributed by atoms with Crippen molar-refractivity contribution in [3.05, 3.63) is 84.4 Å². The molecule has 0 atom stereocenters. The van der Waals surface area contributed by atoms with Crippen LogP contribution in [-0.2, 0) is 10.0 Å². The number of nitrogens with zero attached hydrogens (tertiary/aromatic N) is 2. The number of allylic oxidation sites excluding steroid dienone is 1. The fraction of sp³-hybridized carbons (Fsp3) is 0.0952. The number of rotatable bonds is 6. The van der Waals surface area contributed by atoms with Crippen LogP contribution in [-0.4, -0.2) is 24.0 Å². The summed E-state index contributed by atoms with van der Waals surface area (Å²) in [7, 11) is -4.15. The smallest absolute Gasteiger partial charge is 0.307 e. The van der Waals surface area contributed by atoms with Crippen molar-refractivity contribution in [2.75, 3.05) is 5.32 Å². The molecule has 0 aliphatic carbocycles. The number of hydrogen-bond donors (Lipinski definition) is 2. The van der Waals surface area contributed by atoms with E-state index in [1.54, 1.807) is 50.2 Å². The largest absolute Gasteiger partial charge is 0.333 e. The summed E-state index contributed by atoms with van der Waals surface area (Å²) in [6.45, 7) is 6.79. The van der Waals surface area contributed by atoms with Crippen molar-refractivity contribution in [3.8, 4) is 5.69 Å². The summed E-state index contributed by atoms with van der Waals surface area (Å²) in [5.41, 5.74) is 1.21. The van der Waals surface area contributed by atoms with Gasteiger partial charge >= 0.3 is 6.03 Å². The Balaban J connectivity index is 1.79. The van der Waals surface area contributed by atoms with E-state index in [4.69, 9.17) is 11.6 Å². The average molecular weight is 570 g/mol. The maximum absolute atomic E-state index is 13.0. The van der Waals surface area contributed by atoms with E-state index in [1.807, 2.05) is 10.8 Å². The van der Waals surface area contributed by atoms with Crippen LogP contribution in [0.4, 0.5) is 10.5 Å². The fourth-order valence-electron chi connectivity index (χ4n) is 2.82. The summed E-state index contributed by atoms with van der Waals surface area (Å²) in [5, 5.41) is 2.89. The number of hydrogen-bond acceptors (Lipinski definition) is 6. The summed E-state index contributed by atoms with van der Waals surface area (Å²) in [4.78, 5) is 29.7. The minimum Gasteiger partial charge on any atom is -0.307 e. The van der Waals surface area contributed by atoms with Gasteiger partial charge in [-0.15, -0.1) is 0 Å². The third-order valence-electron chi connectivity index (χ3n) is 4.35. The zero-order valence-electron chi connectivity index (χ0n) is 17.4. The van der Waals surface area contributed by atoms with Crippen molar-refractivity contribution in [1.82, 2.24) is 14.3 Å². The SMILES string of the molecule is C=C(S/C(Cl)=C\C)S(=O)(=O)NC(=O)Nc1ccc(-n2c(C)nc3ccc(Br)cc3c2=O)cc1. The van der Waals surface area contributed by atoms with Crippen LogP contribution in [0, 0.1) is 6.92 Å². The number of aromatic nitrogens is 2. The lowest BCUT2D eigenvalue weighted by Gasteiger charge is -2.13. The van der Waals surface area contributed by atoms with Gasteiger partial charge in [-0.1, -0.05) is 51.9 Å². The minimum absolute atomic E-state index is 0.211. The van der Waals surface area contributed by atoms with Crippen molar-refractivity contribution in [3.63, 3.8) is 0 Å². The van der Waals surface area contributed by atoms with Crippen LogP contribution in [0.1, 0.15) is 12.7 Å². The van der Waals surface area contributed by atoms with Crippen molar-refractivity contribution >= 4 is 71.9 Å². The molecule has 0 spiro atoms. The van der Waals surface area contributed by atoms with Crippen molar-refractivity contribution in [2.24, 2.45) is 0 Å². The molecule has 172 valence electrons. The van der Waals surface area contributed by atoms with E-state index in [-0.39, 0.29) is 14.2 Å². The van der Waals surface area contributed by atoms with Crippen LogP contribution in [0.2, 0.25) is 0 Å². The van der Waals surface area contributed by atoms with E-state index in [9.17, 15) is 18.0 Å². The van der Waals surface area contributed by atoms with Crippen LogP contribution >= 0.6 is 39.3 Å². The number of fused-ring (bicyclic) bond motifs is 1. The number of nitrogens with one attached hydrogen (secondary N) is 2. The summed E-state index contributed by atoms with van der Waals surface area (Å²) < 4.78 is 28.4. The van der Waals surface area contributed by atoms with Gasteiger partial charge < -0.3 is 5.32 Å². The van der Waals surface area contributed by atoms with Gasteiger partial charge in [0, 0.05) is 10.2 Å². The van der Waals surface area contributed by atoms with E-state index in [0.29, 0.717) is 28.1 Å². The third kappa shape index (κ3) is 5.85. The molecule has 33 heavy (non-hydrogen) atoms. The first-order valence-corrected chi connectivity index (χ1v) is 12.8. The standard InChI is InChI=1S/C21H18BrClN4O4S2/c1-4-19(23)32-13(3)33(30,31)26-21(29)25-15-6-8-16(9-7-15)27-12(2)24-18-10-5-14(22)11-17(18)20(27)28/h4-11H,3H2,1-2H3,(H2,25,26,29)/b19-4-. The molecule has 1 aromatic heterocycles. The Kier molecular flexibility index (Phi) is 7.68. The normalized spacial score (nSPS) is 11.9. The van der Waals surface area contributed by atoms with Gasteiger partial charge in [0.1, 0.15) is 10.1 Å². The maximum atomic E-state index is 13.0. The quantitative estimate of drug-likeness (QED) is 0.422. The molecular formula is C21H18BrClN4O4S2. The van der Waals surface area contributed by atoms with Crippen LogP contribution in [0.3, 0.4) is 0 Å². The molecule has 2 amide bonds. The first kappa shape index (κ1) is 25.0. The number of urea groups is 1. The molecule has 2 aromatic carbocycles. The molecule has 8 nitrogen and oxygen atoms in total. The molecule has 0 aliphatic heterocycles. The fourth-order valence-corrected chi connectivity index (χ4v) is 5.18. The molecular weight excluding hydrogens is 552 g/mol. The zero-order chi connectivity index (χ0) is 24.3. The highest BCUT2D eigenvalue weighted by Crippen LogP contribution is 2.30. The number of benzene rings is 2. The van der Waals surface area contributed by atoms with Gasteiger partial charge in [0.15, 0.2) is 0 Å². The molecule has 0 fully saturated rings. The molecule has 0 aliphatic rings. The molecule has 0 saturated carbocycles. The molecule has 3 rings (SSSR count). The average Bonchev–Trinajstić information content (AvgIpc) is 2.75. The van der Waals surface area contributed by atoms with E-state index in [0.717, 1.165) is 16.2 Å². The number of halogens is 2. The first-order chi connectivity index (χ1) is 15.5. The molecule has 0 radical (unpaired) electrons. The van der Waals surface area contributed by atoms with Gasteiger partial charge in [0.2, 0.25) is 0 Å². The lowest BCUT2D eigenvalue weighted by molar-refractivity contribution is 0.256. The summed E-state index contributed by atoms with van der Waals surface area (Å²) >= 11 is 9.88. The Morgan fingerprint density at radius 1 is 1.24 bits per heavy atom. The lowest BCUT2D eigenvalue weighted by Crippen LogP contribution is -2.34. The molecule has 1 heterocycles. The summed E-state index contributed by atoms with van der Waals surface area (Å²) in [6.07, 6.45) is 1.51. The molecule has 3 aromatic rings. The Morgan fingerprint density at radius 2 is 1.91 bits per heavy atom. The molecule has 2 N–H and O–H groups in total. The van der Waals surface area contributed by atoms with Crippen LogP contribution in [0.15, 0.2) is 73.0 Å². The van der Waals surface area contributed by atoms with E-state index in [2.05, 4.69) is 32.8 Å². The third-order valence-corrected chi connectivity index (χ3v) is 7.91. The van der Waals surface area contributed by atoms with Gasteiger partial charge in [-0.05, 0) is 56.3 Å². The molecule has 0 unspecified atom stereocenters. The number of amides is 2. The molecule has 0 bridgehead atoms. The highest BCUT2D eigenvalue weighted by atomic mass is 79.9. The number of carbonyl (C=O) groups is 1. The molecule has 12 heteroatoms. The van der Waals surface area contributed by atoms with E-state index < -0.39 is 16.1 Å². The Morgan fingerprint density at radius 3 is 2.55 bits per heavy atom. The van der Waals surface area contributed by atoms with Crippen LogP contribution < -0.4 is 15.6 Å². The zero-order valence-corrected chi connectivity index (χ0v) is 21.4. The number of sulfonamides is 1. The van der Waals surface area contributed by atoms with Gasteiger partial charge in [0.25, 0.3) is 15.6 Å². The van der Waals surface area contributed by atoms with Gasteiger partial charge in [0.05, 0.1) is 21.0 Å². The van der Waals surface area contributed by atoms with Crippen molar-refractivity contribution in [1.29, 1.82) is 0 Å². The van der Waals surface area contributed by atoms with Gasteiger partial charge in [-0.25, -0.2) is 22.9 Å². The second-order valence-corrected chi connectivity index (χ2v) is 11.3. The first-order valence-electron chi connectivity index (χ1n) is 9.33. The van der Waals surface area contributed by atoms with E-state index in [1.165, 1.54) is 10.6 Å². The number of anilines is 1. The van der Waals surface area contributed by atoms with Crippen molar-refractivity contribution < 1.29 is 13.2 Å². The second-order valence-electron chi connectivity index (χ2n) is 6.63. The topological polar surface area (TPSA) is 110 Å². The van der Waals surface area contributed by atoms with Crippen LogP contribution in [0.25, 0.3) is 16.6 Å². The minimum atomic E-state index is -4.15. The van der Waals surface area contributed by atoms with E-state index >= 15 is 0 Å².